The summed E-state index contributed by atoms with van der Waals surface area (Å²) in [5.74, 6) is -0.247. The number of piperidine rings is 2. The van der Waals surface area contributed by atoms with Gasteiger partial charge in [-0.05, 0) is 25.7 Å². The highest BCUT2D eigenvalue weighted by Gasteiger charge is 2.36. The van der Waals surface area contributed by atoms with E-state index in [-0.39, 0.29) is 29.6 Å². The van der Waals surface area contributed by atoms with Crippen molar-refractivity contribution in [1.29, 1.82) is 0 Å². The number of nitrogens with two attached hydrogens (primary N) is 1. The van der Waals surface area contributed by atoms with Gasteiger partial charge in [-0.25, -0.2) is 0 Å². The Morgan fingerprint density at radius 3 is 2.04 bits per heavy atom. The Labute approximate surface area is 138 Å². The SMILES string of the molecule is CC(C)(C)C(=O)N1CCCC(C(=O)N2CCC(C(N)=O)CC2)C1. The van der Waals surface area contributed by atoms with Crippen LogP contribution in [0.15, 0.2) is 0 Å². The van der Waals surface area contributed by atoms with Gasteiger partial charge in [0.25, 0.3) is 0 Å². The molecule has 3 amide bonds. The van der Waals surface area contributed by atoms with Crippen LogP contribution in [0, 0.1) is 17.3 Å². The molecule has 2 saturated heterocycles. The van der Waals surface area contributed by atoms with E-state index in [9.17, 15) is 14.4 Å². The summed E-state index contributed by atoms with van der Waals surface area (Å²) in [6, 6.07) is 0. The molecule has 2 rings (SSSR count). The molecule has 2 aliphatic heterocycles. The van der Waals surface area contributed by atoms with E-state index in [4.69, 9.17) is 5.73 Å². The predicted molar refractivity (Wildman–Crippen MR) is 87.3 cm³/mol. The highest BCUT2D eigenvalue weighted by atomic mass is 16.2. The van der Waals surface area contributed by atoms with Crippen LogP contribution in [0.2, 0.25) is 0 Å². The van der Waals surface area contributed by atoms with Gasteiger partial charge in [0.2, 0.25) is 17.7 Å². The minimum absolute atomic E-state index is 0.107. The van der Waals surface area contributed by atoms with Gasteiger partial charge in [0.05, 0.1) is 5.92 Å². The van der Waals surface area contributed by atoms with Gasteiger partial charge < -0.3 is 15.5 Å². The fourth-order valence-corrected chi connectivity index (χ4v) is 3.48. The highest BCUT2D eigenvalue weighted by Crippen LogP contribution is 2.26. The number of primary amides is 1. The zero-order valence-electron chi connectivity index (χ0n) is 14.5. The second kappa shape index (κ2) is 6.89. The van der Waals surface area contributed by atoms with Crippen LogP contribution in [-0.4, -0.2) is 53.7 Å². The Morgan fingerprint density at radius 1 is 0.913 bits per heavy atom. The smallest absolute Gasteiger partial charge is 0.227 e. The number of nitrogens with zero attached hydrogens (tertiary/aromatic N) is 2. The van der Waals surface area contributed by atoms with Crippen molar-refractivity contribution >= 4 is 17.7 Å². The summed E-state index contributed by atoms with van der Waals surface area (Å²) in [4.78, 5) is 40.0. The lowest BCUT2D eigenvalue weighted by molar-refractivity contribution is -0.146. The first-order valence-corrected chi connectivity index (χ1v) is 8.57. The number of hydrogen-bond acceptors (Lipinski definition) is 3. The van der Waals surface area contributed by atoms with Crippen molar-refractivity contribution in [2.75, 3.05) is 26.2 Å². The van der Waals surface area contributed by atoms with E-state index in [1.54, 1.807) is 0 Å². The maximum Gasteiger partial charge on any atom is 0.227 e. The molecule has 1 unspecified atom stereocenters. The minimum Gasteiger partial charge on any atom is -0.369 e. The van der Waals surface area contributed by atoms with Crippen molar-refractivity contribution in [1.82, 2.24) is 9.80 Å². The summed E-state index contributed by atoms with van der Waals surface area (Å²) >= 11 is 0. The zero-order chi connectivity index (χ0) is 17.2. The highest BCUT2D eigenvalue weighted by molar-refractivity contribution is 5.84. The van der Waals surface area contributed by atoms with Gasteiger partial charge in [0, 0.05) is 37.5 Å². The molecule has 0 radical (unpaired) electrons. The Kier molecular flexibility index (Phi) is 5.32. The second-order valence-electron chi connectivity index (χ2n) is 7.84. The van der Waals surface area contributed by atoms with Crippen molar-refractivity contribution in [2.24, 2.45) is 23.0 Å². The van der Waals surface area contributed by atoms with Crippen LogP contribution in [0.3, 0.4) is 0 Å². The maximum absolute atomic E-state index is 12.7. The molecule has 0 aromatic heterocycles. The molecule has 6 heteroatoms. The molecule has 1 atom stereocenters. The number of likely N-dealkylation sites (tertiary alicyclic amines) is 2. The van der Waals surface area contributed by atoms with Crippen LogP contribution in [0.25, 0.3) is 0 Å². The standard InChI is InChI=1S/C17H29N3O3/c1-17(2,3)16(23)20-8-4-5-13(11-20)15(22)19-9-6-12(7-10-19)14(18)21/h12-13H,4-11H2,1-3H3,(H2,18,21). The van der Waals surface area contributed by atoms with Gasteiger partial charge in [-0.1, -0.05) is 20.8 Å². The normalized spacial score (nSPS) is 23.7. The molecular weight excluding hydrogens is 294 g/mol. The molecule has 2 heterocycles. The quantitative estimate of drug-likeness (QED) is 0.822. The third kappa shape index (κ3) is 4.24. The molecule has 0 saturated carbocycles. The molecule has 2 aliphatic rings. The first-order valence-electron chi connectivity index (χ1n) is 8.57. The van der Waals surface area contributed by atoms with E-state index in [1.807, 2.05) is 30.6 Å². The number of carbonyl (C=O) groups excluding carboxylic acids is 3. The van der Waals surface area contributed by atoms with E-state index in [1.165, 1.54) is 0 Å². The van der Waals surface area contributed by atoms with Crippen molar-refractivity contribution in [3.63, 3.8) is 0 Å². The Bertz CT molecular complexity index is 476. The molecule has 130 valence electrons. The summed E-state index contributed by atoms with van der Waals surface area (Å²) in [5.41, 5.74) is 4.93. The molecule has 2 N–H and O–H groups in total. The molecule has 0 aromatic rings. The number of rotatable bonds is 2. The van der Waals surface area contributed by atoms with Crippen LogP contribution in [0.4, 0.5) is 0 Å². The molecule has 0 aromatic carbocycles. The first kappa shape index (κ1) is 17.8. The minimum atomic E-state index is -0.412. The summed E-state index contributed by atoms with van der Waals surface area (Å²) < 4.78 is 0. The van der Waals surface area contributed by atoms with Gasteiger partial charge >= 0.3 is 0 Å². The fraction of sp³-hybridized carbons (Fsp3) is 0.824. The Morgan fingerprint density at radius 2 is 1.52 bits per heavy atom. The molecule has 23 heavy (non-hydrogen) atoms. The van der Waals surface area contributed by atoms with Crippen molar-refractivity contribution < 1.29 is 14.4 Å². The lowest BCUT2D eigenvalue weighted by Gasteiger charge is -2.39. The van der Waals surface area contributed by atoms with Crippen LogP contribution in [-0.2, 0) is 14.4 Å². The maximum atomic E-state index is 12.7. The van der Waals surface area contributed by atoms with E-state index in [0.29, 0.717) is 32.5 Å². The summed E-state index contributed by atoms with van der Waals surface area (Å²) in [5, 5.41) is 0. The molecule has 0 bridgehead atoms. The molecule has 2 fully saturated rings. The second-order valence-corrected chi connectivity index (χ2v) is 7.84. The summed E-state index contributed by atoms with van der Waals surface area (Å²) in [6.07, 6.45) is 3.01. The van der Waals surface area contributed by atoms with E-state index in [2.05, 4.69) is 0 Å². The molecular formula is C17H29N3O3. The van der Waals surface area contributed by atoms with Gasteiger partial charge in [0.1, 0.15) is 0 Å². The van der Waals surface area contributed by atoms with E-state index >= 15 is 0 Å². The van der Waals surface area contributed by atoms with E-state index < -0.39 is 5.41 Å². The van der Waals surface area contributed by atoms with Crippen LogP contribution < -0.4 is 5.73 Å². The number of amides is 3. The third-order valence-electron chi connectivity index (χ3n) is 4.91. The fourth-order valence-electron chi connectivity index (χ4n) is 3.48. The Hall–Kier alpha value is -1.59. The molecule has 0 spiro atoms. The van der Waals surface area contributed by atoms with Crippen LogP contribution in [0.1, 0.15) is 46.5 Å². The van der Waals surface area contributed by atoms with Gasteiger partial charge in [0.15, 0.2) is 0 Å². The monoisotopic (exact) mass is 323 g/mol. The average Bonchev–Trinajstić information content (AvgIpc) is 2.52. The van der Waals surface area contributed by atoms with Gasteiger partial charge in [-0.2, -0.15) is 0 Å². The molecule has 6 nitrogen and oxygen atoms in total. The average molecular weight is 323 g/mol. The summed E-state index contributed by atoms with van der Waals surface area (Å²) in [7, 11) is 0. The number of hydrogen-bond donors (Lipinski definition) is 1. The van der Waals surface area contributed by atoms with Crippen molar-refractivity contribution in [3.05, 3.63) is 0 Å². The topological polar surface area (TPSA) is 83.7 Å². The van der Waals surface area contributed by atoms with Gasteiger partial charge in [-0.15, -0.1) is 0 Å². The first-order chi connectivity index (χ1) is 10.7. The predicted octanol–water partition coefficient (Wildman–Crippen LogP) is 0.995. The molecule has 0 aliphatic carbocycles. The van der Waals surface area contributed by atoms with Crippen LogP contribution in [0.5, 0.6) is 0 Å². The third-order valence-corrected chi connectivity index (χ3v) is 4.91. The largest absolute Gasteiger partial charge is 0.369 e. The summed E-state index contributed by atoms with van der Waals surface area (Å²) in [6.45, 7) is 8.18. The zero-order valence-corrected chi connectivity index (χ0v) is 14.5. The van der Waals surface area contributed by atoms with Gasteiger partial charge in [-0.3, -0.25) is 14.4 Å². The van der Waals surface area contributed by atoms with E-state index in [0.717, 1.165) is 19.4 Å². The van der Waals surface area contributed by atoms with Crippen LogP contribution >= 0.6 is 0 Å². The lowest BCUT2D eigenvalue weighted by Crippen LogP contribution is -2.51. The Balaban J connectivity index is 1.92. The number of carbonyl (C=O) groups is 3. The van der Waals surface area contributed by atoms with Crippen molar-refractivity contribution in [2.45, 2.75) is 46.5 Å². The van der Waals surface area contributed by atoms with Crippen molar-refractivity contribution in [3.8, 4) is 0 Å². The lowest BCUT2D eigenvalue weighted by atomic mass is 9.89.